The van der Waals surface area contributed by atoms with Crippen LogP contribution in [-0.4, -0.2) is 17.1 Å². The number of benzene rings is 3. The van der Waals surface area contributed by atoms with Gasteiger partial charge in [-0.15, -0.1) is 0 Å². The van der Waals surface area contributed by atoms with E-state index in [0.717, 1.165) is 33.0 Å². The zero-order chi connectivity index (χ0) is 19.6. The molecule has 0 unspecified atom stereocenters. The van der Waals surface area contributed by atoms with Crippen LogP contribution in [0.1, 0.15) is 16.2 Å². The highest BCUT2D eigenvalue weighted by atomic mass is 16.3. The molecule has 1 amide bonds. The molecule has 0 saturated heterocycles. The molecule has 5 aromatic rings. The van der Waals surface area contributed by atoms with Crippen molar-refractivity contribution in [1.82, 2.24) is 10.4 Å². The topological polar surface area (TPSA) is 70.4 Å². The molecule has 2 aromatic heterocycles. The Kier molecular flexibility index (Phi) is 4.18. The number of rotatable bonds is 4. The van der Waals surface area contributed by atoms with Crippen molar-refractivity contribution in [2.75, 3.05) is 0 Å². The van der Waals surface area contributed by atoms with Crippen LogP contribution in [0.3, 0.4) is 0 Å². The molecule has 0 saturated carbocycles. The van der Waals surface area contributed by atoms with E-state index < -0.39 is 0 Å². The first-order valence-corrected chi connectivity index (χ1v) is 9.28. The molecule has 0 spiro atoms. The summed E-state index contributed by atoms with van der Waals surface area (Å²) >= 11 is 0. The predicted molar refractivity (Wildman–Crippen MR) is 115 cm³/mol. The SMILES string of the molecule is O=C(N/N=C/c1cc2ccccc2o1)c1[nH]c2ccccc2c1-c1ccccc1. The third kappa shape index (κ3) is 3.19. The van der Waals surface area contributed by atoms with Gasteiger partial charge in [0.1, 0.15) is 17.0 Å². The number of amides is 1. The molecule has 0 atom stereocenters. The lowest BCUT2D eigenvalue weighted by molar-refractivity contribution is 0.0951. The van der Waals surface area contributed by atoms with Gasteiger partial charge in [-0.05, 0) is 23.8 Å². The van der Waals surface area contributed by atoms with E-state index >= 15 is 0 Å². The molecule has 140 valence electrons. The number of hydrazone groups is 1. The Labute approximate surface area is 166 Å². The summed E-state index contributed by atoms with van der Waals surface area (Å²) in [5.41, 5.74) is 6.58. The average Bonchev–Trinajstić information content (AvgIpc) is 3.35. The average molecular weight is 379 g/mol. The van der Waals surface area contributed by atoms with Crippen molar-refractivity contribution in [3.05, 3.63) is 96.4 Å². The molecule has 2 N–H and O–H groups in total. The largest absolute Gasteiger partial charge is 0.455 e. The second-order valence-corrected chi connectivity index (χ2v) is 6.67. The van der Waals surface area contributed by atoms with Crippen LogP contribution < -0.4 is 5.43 Å². The van der Waals surface area contributed by atoms with E-state index in [4.69, 9.17) is 4.42 Å². The minimum absolute atomic E-state index is 0.313. The van der Waals surface area contributed by atoms with Crippen molar-refractivity contribution >= 4 is 34.0 Å². The molecule has 0 aliphatic rings. The number of carbonyl (C=O) groups excluding carboxylic acids is 1. The Bertz CT molecular complexity index is 1310. The molecule has 0 bridgehead atoms. The molecule has 5 nitrogen and oxygen atoms in total. The quantitative estimate of drug-likeness (QED) is 0.327. The van der Waals surface area contributed by atoms with Gasteiger partial charge in [0.05, 0.1) is 6.21 Å². The Morgan fingerprint density at radius 3 is 2.55 bits per heavy atom. The number of para-hydroxylation sites is 2. The number of furan rings is 1. The molecule has 5 rings (SSSR count). The lowest BCUT2D eigenvalue weighted by Gasteiger charge is -2.04. The van der Waals surface area contributed by atoms with Gasteiger partial charge in [0, 0.05) is 21.9 Å². The number of carbonyl (C=O) groups is 1. The number of H-pyrrole nitrogens is 1. The van der Waals surface area contributed by atoms with E-state index in [2.05, 4.69) is 15.5 Å². The Morgan fingerprint density at radius 1 is 0.931 bits per heavy atom. The first kappa shape index (κ1) is 17.0. The van der Waals surface area contributed by atoms with Gasteiger partial charge in [-0.1, -0.05) is 66.7 Å². The van der Waals surface area contributed by atoms with Gasteiger partial charge >= 0.3 is 0 Å². The highest BCUT2D eigenvalue weighted by molar-refractivity contribution is 6.09. The molecular weight excluding hydrogens is 362 g/mol. The molecule has 0 fully saturated rings. The molecule has 0 radical (unpaired) electrons. The number of fused-ring (bicyclic) bond motifs is 2. The highest BCUT2D eigenvalue weighted by Crippen LogP contribution is 2.32. The van der Waals surface area contributed by atoms with Crippen LogP contribution in [0.15, 0.2) is 94.4 Å². The van der Waals surface area contributed by atoms with E-state index in [0.29, 0.717) is 11.5 Å². The molecule has 0 aliphatic heterocycles. The van der Waals surface area contributed by atoms with Crippen molar-refractivity contribution in [3.8, 4) is 11.1 Å². The van der Waals surface area contributed by atoms with Crippen molar-refractivity contribution in [1.29, 1.82) is 0 Å². The van der Waals surface area contributed by atoms with E-state index in [1.54, 1.807) is 0 Å². The standard InChI is InChI=1S/C24H17N3O2/c28-24(27-25-15-18-14-17-10-4-7-13-21(17)29-18)23-22(16-8-2-1-3-9-16)19-11-5-6-12-20(19)26-23/h1-15,26H,(H,27,28)/b25-15+. The normalized spacial score (nSPS) is 11.4. The minimum atomic E-state index is -0.313. The molecule has 0 aliphatic carbocycles. The lowest BCUT2D eigenvalue weighted by atomic mass is 10.0. The summed E-state index contributed by atoms with van der Waals surface area (Å²) in [6.45, 7) is 0. The van der Waals surface area contributed by atoms with Gasteiger partial charge in [-0.25, -0.2) is 5.43 Å². The van der Waals surface area contributed by atoms with Gasteiger partial charge in [-0.2, -0.15) is 5.10 Å². The predicted octanol–water partition coefficient (Wildman–Crippen LogP) is 5.35. The number of nitrogens with one attached hydrogen (secondary N) is 2. The monoisotopic (exact) mass is 379 g/mol. The zero-order valence-corrected chi connectivity index (χ0v) is 15.4. The van der Waals surface area contributed by atoms with Gasteiger partial charge in [0.15, 0.2) is 0 Å². The summed E-state index contributed by atoms with van der Waals surface area (Å²) < 4.78 is 5.69. The summed E-state index contributed by atoms with van der Waals surface area (Å²) in [5.74, 6) is 0.263. The number of hydrogen-bond acceptors (Lipinski definition) is 3. The summed E-state index contributed by atoms with van der Waals surface area (Å²) in [4.78, 5) is 16.1. The second-order valence-electron chi connectivity index (χ2n) is 6.67. The smallest absolute Gasteiger partial charge is 0.288 e. The fourth-order valence-electron chi connectivity index (χ4n) is 3.49. The van der Waals surface area contributed by atoms with Crippen molar-refractivity contribution in [3.63, 3.8) is 0 Å². The van der Waals surface area contributed by atoms with E-state index in [-0.39, 0.29) is 5.91 Å². The van der Waals surface area contributed by atoms with Gasteiger partial charge in [-0.3, -0.25) is 4.79 Å². The Hall–Kier alpha value is -4.12. The Balaban J connectivity index is 1.46. The number of nitrogens with zero attached hydrogens (tertiary/aromatic N) is 1. The van der Waals surface area contributed by atoms with Gasteiger partial charge < -0.3 is 9.40 Å². The van der Waals surface area contributed by atoms with Crippen molar-refractivity contribution in [2.24, 2.45) is 5.10 Å². The first-order valence-electron chi connectivity index (χ1n) is 9.28. The molecule has 2 heterocycles. The summed E-state index contributed by atoms with van der Waals surface area (Å²) in [6, 6.07) is 27.3. The maximum Gasteiger partial charge on any atom is 0.288 e. The lowest BCUT2D eigenvalue weighted by Crippen LogP contribution is -2.18. The van der Waals surface area contributed by atoms with Crippen LogP contribution in [-0.2, 0) is 0 Å². The Morgan fingerprint density at radius 2 is 1.69 bits per heavy atom. The van der Waals surface area contributed by atoms with Crippen LogP contribution >= 0.6 is 0 Å². The van der Waals surface area contributed by atoms with Gasteiger partial charge in [0.2, 0.25) is 0 Å². The van der Waals surface area contributed by atoms with Crippen molar-refractivity contribution < 1.29 is 9.21 Å². The van der Waals surface area contributed by atoms with Crippen LogP contribution in [0.4, 0.5) is 0 Å². The number of aromatic amines is 1. The molecule has 3 aromatic carbocycles. The van der Waals surface area contributed by atoms with Crippen LogP contribution in [0.5, 0.6) is 0 Å². The van der Waals surface area contributed by atoms with E-state index in [1.165, 1.54) is 6.21 Å². The summed E-state index contributed by atoms with van der Waals surface area (Å²) in [7, 11) is 0. The van der Waals surface area contributed by atoms with E-state index in [1.807, 2.05) is 84.9 Å². The maximum absolute atomic E-state index is 12.9. The number of hydrogen-bond donors (Lipinski definition) is 2. The zero-order valence-electron chi connectivity index (χ0n) is 15.4. The summed E-state index contributed by atoms with van der Waals surface area (Å²) in [5, 5.41) is 6.06. The fourth-order valence-corrected chi connectivity index (χ4v) is 3.49. The molecule has 5 heteroatoms. The number of aromatic nitrogens is 1. The summed E-state index contributed by atoms with van der Waals surface area (Å²) in [6.07, 6.45) is 1.50. The fraction of sp³-hybridized carbons (Fsp3) is 0. The highest BCUT2D eigenvalue weighted by Gasteiger charge is 2.18. The maximum atomic E-state index is 12.9. The third-order valence-corrected chi connectivity index (χ3v) is 4.80. The molecular formula is C24H17N3O2. The van der Waals surface area contributed by atoms with Crippen LogP contribution in [0, 0.1) is 0 Å². The first-order chi connectivity index (χ1) is 14.3. The van der Waals surface area contributed by atoms with E-state index in [9.17, 15) is 4.79 Å². The van der Waals surface area contributed by atoms with Crippen LogP contribution in [0.2, 0.25) is 0 Å². The second kappa shape index (κ2) is 7.13. The van der Waals surface area contributed by atoms with Gasteiger partial charge in [0.25, 0.3) is 5.91 Å². The minimum Gasteiger partial charge on any atom is -0.455 e. The van der Waals surface area contributed by atoms with Crippen LogP contribution in [0.25, 0.3) is 33.0 Å². The molecule has 29 heavy (non-hydrogen) atoms. The van der Waals surface area contributed by atoms with Crippen molar-refractivity contribution in [2.45, 2.75) is 0 Å². The third-order valence-electron chi connectivity index (χ3n) is 4.80.